The second kappa shape index (κ2) is 6.92. The molecule has 112 valence electrons. The summed E-state index contributed by atoms with van der Waals surface area (Å²) in [7, 11) is 1.90. The maximum absolute atomic E-state index is 13.4. The third kappa shape index (κ3) is 3.55. The Kier molecular flexibility index (Phi) is 5.21. The number of rotatable bonds is 5. The second-order valence-corrected chi connectivity index (χ2v) is 5.35. The van der Waals surface area contributed by atoms with Crippen LogP contribution in [-0.4, -0.2) is 13.6 Å². The molecule has 0 aliphatic carbocycles. The van der Waals surface area contributed by atoms with Gasteiger partial charge in [-0.1, -0.05) is 23.7 Å². The largest absolute Gasteiger partial charge is 0.342 e. The van der Waals surface area contributed by atoms with Crippen LogP contribution in [0.5, 0.6) is 0 Å². The average molecular weight is 307 g/mol. The Hall–Kier alpha value is -1.58. The van der Waals surface area contributed by atoms with E-state index in [1.165, 1.54) is 12.1 Å². The van der Waals surface area contributed by atoms with E-state index in [9.17, 15) is 4.39 Å². The van der Waals surface area contributed by atoms with Gasteiger partial charge in [-0.05, 0) is 56.8 Å². The van der Waals surface area contributed by atoms with E-state index < -0.39 is 0 Å². The molecular weight excluding hydrogens is 287 g/mol. The lowest BCUT2D eigenvalue weighted by molar-refractivity contribution is 0.627. The lowest BCUT2D eigenvalue weighted by Gasteiger charge is -2.24. The molecule has 0 fully saturated rings. The quantitative estimate of drug-likeness (QED) is 0.843. The molecule has 0 aliphatic rings. The lowest BCUT2D eigenvalue weighted by atomic mass is 10.1. The first-order chi connectivity index (χ1) is 10.1. The zero-order valence-electron chi connectivity index (χ0n) is 12.5. The minimum Gasteiger partial charge on any atom is -0.342 e. The topological polar surface area (TPSA) is 15.3 Å². The molecule has 0 spiro atoms. The van der Waals surface area contributed by atoms with Crippen molar-refractivity contribution in [3.8, 4) is 0 Å². The molecule has 0 heterocycles. The molecular formula is C17H20ClFN2. The van der Waals surface area contributed by atoms with Gasteiger partial charge in [-0.25, -0.2) is 4.39 Å². The SMILES string of the molecule is CCN(c1cccc(F)c1)c1ccc(C(C)NC)c(Cl)c1. The number of hydrogen-bond acceptors (Lipinski definition) is 2. The molecule has 2 nitrogen and oxygen atoms in total. The van der Waals surface area contributed by atoms with E-state index in [0.29, 0.717) is 5.02 Å². The predicted octanol–water partition coefficient (Wildman–Crippen LogP) is 4.92. The molecule has 1 N–H and O–H groups in total. The molecule has 0 saturated carbocycles. The van der Waals surface area contributed by atoms with Gasteiger partial charge in [0, 0.05) is 29.0 Å². The zero-order chi connectivity index (χ0) is 15.4. The summed E-state index contributed by atoms with van der Waals surface area (Å²) in [6, 6.07) is 12.7. The second-order valence-electron chi connectivity index (χ2n) is 4.94. The highest BCUT2D eigenvalue weighted by molar-refractivity contribution is 6.31. The predicted molar refractivity (Wildman–Crippen MR) is 88.0 cm³/mol. The first kappa shape index (κ1) is 15.8. The van der Waals surface area contributed by atoms with E-state index in [-0.39, 0.29) is 11.9 Å². The van der Waals surface area contributed by atoms with Gasteiger partial charge in [0.05, 0.1) is 0 Å². The van der Waals surface area contributed by atoms with Crippen molar-refractivity contribution in [2.45, 2.75) is 19.9 Å². The van der Waals surface area contributed by atoms with E-state index in [4.69, 9.17) is 11.6 Å². The maximum Gasteiger partial charge on any atom is 0.125 e. The third-order valence-corrected chi connectivity index (χ3v) is 3.96. The van der Waals surface area contributed by atoms with Crippen LogP contribution in [-0.2, 0) is 0 Å². The first-order valence-electron chi connectivity index (χ1n) is 7.06. The zero-order valence-corrected chi connectivity index (χ0v) is 13.3. The molecule has 0 bridgehead atoms. The molecule has 2 aromatic carbocycles. The molecule has 1 unspecified atom stereocenters. The highest BCUT2D eigenvalue weighted by atomic mass is 35.5. The Morgan fingerprint density at radius 3 is 2.48 bits per heavy atom. The number of hydrogen-bond donors (Lipinski definition) is 1. The van der Waals surface area contributed by atoms with Crippen molar-refractivity contribution in [1.29, 1.82) is 0 Å². The minimum absolute atomic E-state index is 0.191. The van der Waals surface area contributed by atoms with E-state index in [2.05, 4.69) is 12.2 Å². The molecule has 0 amide bonds. The van der Waals surface area contributed by atoms with Crippen LogP contribution in [0.3, 0.4) is 0 Å². The summed E-state index contributed by atoms with van der Waals surface area (Å²) in [4.78, 5) is 2.03. The van der Waals surface area contributed by atoms with Crippen molar-refractivity contribution < 1.29 is 4.39 Å². The van der Waals surface area contributed by atoms with E-state index in [0.717, 1.165) is 23.5 Å². The van der Waals surface area contributed by atoms with Crippen LogP contribution in [0.15, 0.2) is 42.5 Å². The van der Waals surface area contributed by atoms with Gasteiger partial charge < -0.3 is 10.2 Å². The van der Waals surface area contributed by atoms with Crippen molar-refractivity contribution >= 4 is 23.0 Å². The highest BCUT2D eigenvalue weighted by Gasteiger charge is 2.12. The van der Waals surface area contributed by atoms with Gasteiger partial charge in [0.25, 0.3) is 0 Å². The summed E-state index contributed by atoms with van der Waals surface area (Å²) in [5.74, 6) is -0.238. The summed E-state index contributed by atoms with van der Waals surface area (Å²) in [5, 5.41) is 3.89. The summed E-state index contributed by atoms with van der Waals surface area (Å²) in [5.41, 5.74) is 2.83. The fourth-order valence-corrected chi connectivity index (χ4v) is 2.69. The van der Waals surface area contributed by atoms with Crippen molar-refractivity contribution in [2.75, 3.05) is 18.5 Å². The van der Waals surface area contributed by atoms with Crippen LogP contribution in [0.25, 0.3) is 0 Å². The van der Waals surface area contributed by atoms with Gasteiger partial charge in [0.15, 0.2) is 0 Å². The van der Waals surface area contributed by atoms with Crippen molar-refractivity contribution in [2.24, 2.45) is 0 Å². The Labute approximate surface area is 130 Å². The van der Waals surface area contributed by atoms with E-state index in [1.54, 1.807) is 6.07 Å². The van der Waals surface area contributed by atoms with Gasteiger partial charge in [0.1, 0.15) is 5.82 Å². The molecule has 0 aromatic heterocycles. The van der Waals surface area contributed by atoms with Gasteiger partial charge in [-0.15, -0.1) is 0 Å². The summed E-state index contributed by atoms with van der Waals surface area (Å²) >= 11 is 6.38. The van der Waals surface area contributed by atoms with Crippen molar-refractivity contribution in [1.82, 2.24) is 5.32 Å². The lowest BCUT2D eigenvalue weighted by Crippen LogP contribution is -2.17. The Balaban J connectivity index is 2.37. The molecule has 21 heavy (non-hydrogen) atoms. The number of nitrogens with zero attached hydrogens (tertiary/aromatic N) is 1. The van der Waals surface area contributed by atoms with Crippen LogP contribution in [0.1, 0.15) is 25.5 Å². The van der Waals surface area contributed by atoms with Crippen molar-refractivity contribution in [3.05, 3.63) is 58.9 Å². The fraction of sp³-hybridized carbons (Fsp3) is 0.294. The number of anilines is 2. The van der Waals surface area contributed by atoms with Crippen LogP contribution >= 0.6 is 11.6 Å². The molecule has 4 heteroatoms. The first-order valence-corrected chi connectivity index (χ1v) is 7.44. The van der Waals surface area contributed by atoms with Gasteiger partial charge in [-0.2, -0.15) is 0 Å². The molecule has 1 atom stereocenters. The van der Waals surface area contributed by atoms with Gasteiger partial charge in [-0.3, -0.25) is 0 Å². The monoisotopic (exact) mass is 306 g/mol. The Bertz CT molecular complexity index is 615. The van der Waals surface area contributed by atoms with Crippen LogP contribution in [0, 0.1) is 5.82 Å². The molecule has 0 radical (unpaired) electrons. The van der Waals surface area contributed by atoms with Crippen LogP contribution in [0.2, 0.25) is 5.02 Å². The van der Waals surface area contributed by atoms with Crippen LogP contribution < -0.4 is 10.2 Å². The smallest absolute Gasteiger partial charge is 0.125 e. The normalized spacial score (nSPS) is 12.2. The Morgan fingerprint density at radius 1 is 1.19 bits per heavy atom. The standard InChI is InChI=1S/C17H20ClFN2/c1-4-21(14-7-5-6-13(19)10-14)15-8-9-16(12(2)20-3)17(18)11-15/h5-12,20H,4H2,1-3H3. The van der Waals surface area contributed by atoms with Crippen molar-refractivity contribution in [3.63, 3.8) is 0 Å². The minimum atomic E-state index is -0.238. The Morgan fingerprint density at radius 2 is 1.90 bits per heavy atom. The summed E-state index contributed by atoms with van der Waals surface area (Å²) in [6.07, 6.45) is 0. The molecule has 0 aliphatic heterocycles. The number of nitrogens with one attached hydrogen (secondary N) is 1. The van der Waals surface area contributed by atoms with Gasteiger partial charge >= 0.3 is 0 Å². The molecule has 2 aromatic rings. The highest BCUT2D eigenvalue weighted by Crippen LogP contribution is 2.31. The van der Waals surface area contributed by atoms with E-state index >= 15 is 0 Å². The number of halogens is 2. The fourth-order valence-electron chi connectivity index (χ4n) is 2.35. The molecule has 0 saturated heterocycles. The third-order valence-electron chi connectivity index (χ3n) is 3.63. The molecule has 2 rings (SSSR count). The summed E-state index contributed by atoms with van der Waals surface area (Å²) in [6.45, 7) is 4.83. The van der Waals surface area contributed by atoms with E-state index in [1.807, 2.05) is 43.1 Å². The van der Waals surface area contributed by atoms with Crippen LogP contribution in [0.4, 0.5) is 15.8 Å². The summed E-state index contributed by atoms with van der Waals surface area (Å²) < 4.78 is 13.4. The maximum atomic E-state index is 13.4. The van der Waals surface area contributed by atoms with Gasteiger partial charge in [0.2, 0.25) is 0 Å². The average Bonchev–Trinajstić information content (AvgIpc) is 2.47. The number of benzene rings is 2.